The lowest BCUT2D eigenvalue weighted by Gasteiger charge is -2.17. The third-order valence-electron chi connectivity index (χ3n) is 4.01. The van der Waals surface area contributed by atoms with Crippen LogP contribution in [-0.2, 0) is 20.8 Å². The Labute approximate surface area is 169 Å². The highest BCUT2D eigenvalue weighted by Crippen LogP contribution is 2.11. The summed E-state index contributed by atoms with van der Waals surface area (Å²) in [4.78, 5) is 37.9. The fraction of sp³-hybridized carbons (Fsp3) is 0.333. The largest absolute Gasteiger partial charge is 0.478 e. The van der Waals surface area contributed by atoms with Gasteiger partial charge in [0, 0.05) is 30.6 Å². The standard InChI is InChI=1S/C17H23N3O.C4H4O4/c1-3-20(4-2)12-11-18-17(21)13-15-10-9-14-7-5-6-8-16(14)19-15;5-3(6)1-2-4(7)8/h5-10H,3-4,11-13H2,1-2H3,(H,18,21);1-2H,(H,5,6)(H,7,8)/b;2-1+. The molecule has 156 valence electrons. The van der Waals surface area contributed by atoms with Crippen molar-refractivity contribution in [1.82, 2.24) is 15.2 Å². The molecule has 29 heavy (non-hydrogen) atoms. The summed E-state index contributed by atoms with van der Waals surface area (Å²) in [5.74, 6) is -2.48. The summed E-state index contributed by atoms with van der Waals surface area (Å²) in [6, 6.07) is 11.9. The van der Waals surface area contributed by atoms with E-state index in [1.165, 1.54) is 0 Å². The van der Waals surface area contributed by atoms with Crippen LogP contribution in [0.15, 0.2) is 48.6 Å². The smallest absolute Gasteiger partial charge is 0.328 e. The minimum absolute atomic E-state index is 0.0323. The van der Waals surface area contributed by atoms with Gasteiger partial charge in [0.15, 0.2) is 0 Å². The third kappa shape index (κ3) is 10.0. The maximum atomic E-state index is 11.9. The van der Waals surface area contributed by atoms with Gasteiger partial charge in [-0.2, -0.15) is 0 Å². The van der Waals surface area contributed by atoms with E-state index in [2.05, 4.69) is 29.0 Å². The van der Waals surface area contributed by atoms with Gasteiger partial charge < -0.3 is 20.4 Å². The summed E-state index contributed by atoms with van der Waals surface area (Å²) >= 11 is 0. The summed E-state index contributed by atoms with van der Waals surface area (Å²) < 4.78 is 0. The number of hydrogen-bond acceptors (Lipinski definition) is 5. The predicted octanol–water partition coefficient (Wildman–Crippen LogP) is 1.95. The van der Waals surface area contributed by atoms with Crippen LogP contribution in [0, 0.1) is 0 Å². The SMILES string of the molecule is CCN(CC)CCNC(=O)Cc1ccc2ccccc2n1.O=C(O)/C=C/C(=O)O. The Balaban J connectivity index is 0.000000447. The van der Waals surface area contributed by atoms with Gasteiger partial charge in [0.2, 0.25) is 5.91 Å². The molecule has 1 aromatic heterocycles. The topological polar surface area (TPSA) is 120 Å². The van der Waals surface area contributed by atoms with E-state index in [4.69, 9.17) is 10.2 Å². The number of likely N-dealkylation sites (N-methyl/N-ethyl adjacent to an activating group) is 1. The second kappa shape index (κ2) is 13.0. The maximum Gasteiger partial charge on any atom is 0.328 e. The minimum Gasteiger partial charge on any atom is -0.478 e. The number of para-hydroxylation sites is 1. The van der Waals surface area contributed by atoms with Crippen molar-refractivity contribution >= 4 is 28.7 Å². The molecule has 0 fully saturated rings. The van der Waals surface area contributed by atoms with Crippen LogP contribution < -0.4 is 5.32 Å². The number of nitrogens with zero attached hydrogens (tertiary/aromatic N) is 2. The minimum atomic E-state index is -1.26. The number of aliphatic carboxylic acids is 2. The molecule has 0 spiro atoms. The predicted molar refractivity (Wildman–Crippen MR) is 111 cm³/mol. The number of hydrogen-bond donors (Lipinski definition) is 3. The number of rotatable bonds is 9. The van der Waals surface area contributed by atoms with Gasteiger partial charge in [-0.3, -0.25) is 9.78 Å². The second-order valence-corrected chi connectivity index (χ2v) is 6.06. The van der Waals surface area contributed by atoms with E-state index in [9.17, 15) is 14.4 Å². The lowest BCUT2D eigenvalue weighted by molar-refractivity contribution is -0.134. The number of carboxylic acid groups (broad SMARTS) is 2. The van der Waals surface area contributed by atoms with E-state index in [1.54, 1.807) is 0 Å². The van der Waals surface area contributed by atoms with Crippen molar-refractivity contribution in [1.29, 1.82) is 0 Å². The van der Waals surface area contributed by atoms with Crippen molar-refractivity contribution < 1.29 is 24.6 Å². The summed E-state index contributed by atoms with van der Waals surface area (Å²) in [7, 11) is 0. The van der Waals surface area contributed by atoms with E-state index in [1.807, 2.05) is 36.4 Å². The Morgan fingerprint density at radius 2 is 1.62 bits per heavy atom. The van der Waals surface area contributed by atoms with Gasteiger partial charge in [0.1, 0.15) is 0 Å². The molecule has 0 unspecified atom stereocenters. The molecular weight excluding hydrogens is 374 g/mol. The first-order valence-electron chi connectivity index (χ1n) is 9.33. The molecule has 8 heteroatoms. The third-order valence-corrected chi connectivity index (χ3v) is 4.01. The Morgan fingerprint density at radius 1 is 1.00 bits per heavy atom. The number of fused-ring (bicyclic) bond motifs is 1. The van der Waals surface area contributed by atoms with Crippen LogP contribution in [-0.4, -0.2) is 64.1 Å². The summed E-state index contributed by atoms with van der Waals surface area (Å²) in [5.41, 5.74) is 1.75. The van der Waals surface area contributed by atoms with Gasteiger partial charge in [-0.05, 0) is 25.2 Å². The van der Waals surface area contributed by atoms with Gasteiger partial charge in [-0.25, -0.2) is 9.59 Å². The summed E-state index contributed by atoms with van der Waals surface area (Å²) in [6.45, 7) is 7.86. The van der Waals surface area contributed by atoms with Crippen LogP contribution in [0.25, 0.3) is 10.9 Å². The Hall–Kier alpha value is -3.26. The maximum absolute atomic E-state index is 11.9. The molecule has 2 rings (SSSR count). The number of carbonyl (C=O) groups is 3. The van der Waals surface area contributed by atoms with Gasteiger partial charge in [0.05, 0.1) is 17.6 Å². The van der Waals surface area contributed by atoms with Crippen molar-refractivity contribution in [2.24, 2.45) is 0 Å². The lowest BCUT2D eigenvalue weighted by atomic mass is 10.2. The van der Waals surface area contributed by atoms with E-state index in [0.717, 1.165) is 36.2 Å². The second-order valence-electron chi connectivity index (χ2n) is 6.06. The molecule has 0 atom stereocenters. The number of pyridine rings is 1. The van der Waals surface area contributed by atoms with Gasteiger partial charge in [-0.1, -0.05) is 38.1 Å². The number of nitrogens with one attached hydrogen (secondary N) is 1. The first-order valence-corrected chi connectivity index (χ1v) is 9.33. The molecule has 0 saturated heterocycles. The van der Waals surface area contributed by atoms with E-state index in [0.29, 0.717) is 25.1 Å². The fourth-order valence-electron chi connectivity index (χ4n) is 2.47. The zero-order valence-electron chi connectivity index (χ0n) is 16.7. The number of amides is 1. The van der Waals surface area contributed by atoms with Gasteiger partial charge >= 0.3 is 11.9 Å². The van der Waals surface area contributed by atoms with E-state index in [-0.39, 0.29) is 5.91 Å². The average Bonchev–Trinajstić information content (AvgIpc) is 2.70. The van der Waals surface area contributed by atoms with Crippen molar-refractivity contribution in [3.8, 4) is 0 Å². The number of aromatic nitrogens is 1. The van der Waals surface area contributed by atoms with E-state index >= 15 is 0 Å². The van der Waals surface area contributed by atoms with Crippen LogP contribution in [0.1, 0.15) is 19.5 Å². The summed E-state index contributed by atoms with van der Waals surface area (Å²) in [5, 5.41) is 19.7. The van der Waals surface area contributed by atoms with Crippen molar-refractivity contribution in [3.05, 3.63) is 54.2 Å². The molecule has 3 N–H and O–H groups in total. The fourth-order valence-corrected chi connectivity index (χ4v) is 2.47. The van der Waals surface area contributed by atoms with Crippen molar-refractivity contribution in [2.45, 2.75) is 20.3 Å². The quantitative estimate of drug-likeness (QED) is 0.549. The summed E-state index contributed by atoms with van der Waals surface area (Å²) in [6.07, 6.45) is 1.45. The molecule has 0 bridgehead atoms. The van der Waals surface area contributed by atoms with Crippen LogP contribution in [0.4, 0.5) is 0 Å². The van der Waals surface area contributed by atoms with Crippen LogP contribution in [0.2, 0.25) is 0 Å². The molecule has 0 aliphatic heterocycles. The Bertz CT molecular complexity index is 831. The molecular formula is C21H27N3O5. The number of carboxylic acids is 2. The molecule has 1 amide bonds. The Morgan fingerprint density at radius 3 is 2.21 bits per heavy atom. The monoisotopic (exact) mass is 401 g/mol. The molecule has 1 heterocycles. The average molecular weight is 401 g/mol. The molecule has 2 aromatic rings. The van der Waals surface area contributed by atoms with E-state index < -0.39 is 11.9 Å². The lowest BCUT2D eigenvalue weighted by Crippen LogP contribution is -2.35. The van der Waals surface area contributed by atoms with Gasteiger partial charge in [-0.15, -0.1) is 0 Å². The van der Waals surface area contributed by atoms with Crippen molar-refractivity contribution in [2.75, 3.05) is 26.2 Å². The normalized spacial score (nSPS) is 10.6. The highest BCUT2D eigenvalue weighted by Gasteiger charge is 2.06. The molecule has 0 aliphatic carbocycles. The van der Waals surface area contributed by atoms with Crippen molar-refractivity contribution in [3.63, 3.8) is 0 Å². The van der Waals surface area contributed by atoms with Crippen LogP contribution in [0.3, 0.4) is 0 Å². The first-order chi connectivity index (χ1) is 13.8. The molecule has 0 aliphatic rings. The molecule has 1 aromatic carbocycles. The van der Waals surface area contributed by atoms with Crippen LogP contribution in [0.5, 0.6) is 0 Å². The van der Waals surface area contributed by atoms with Gasteiger partial charge in [0.25, 0.3) is 0 Å². The highest BCUT2D eigenvalue weighted by atomic mass is 16.4. The molecule has 8 nitrogen and oxygen atoms in total. The Kier molecular flexibility index (Phi) is 10.7. The first kappa shape index (κ1) is 23.8. The number of carbonyl (C=O) groups excluding carboxylic acids is 1. The molecule has 0 radical (unpaired) electrons. The highest BCUT2D eigenvalue weighted by molar-refractivity contribution is 5.89. The van der Waals surface area contributed by atoms with Crippen LogP contribution >= 0.6 is 0 Å². The zero-order chi connectivity index (χ0) is 21.6. The molecule has 0 saturated carbocycles. The number of benzene rings is 1. The zero-order valence-corrected chi connectivity index (χ0v) is 16.7.